The molecular weight excluding hydrogens is 398 g/mol. The van der Waals surface area contributed by atoms with Gasteiger partial charge in [0.05, 0.1) is 25.7 Å². The van der Waals surface area contributed by atoms with E-state index in [0.29, 0.717) is 13.2 Å². The number of carbonyl (C=O) groups is 4. The zero-order chi connectivity index (χ0) is 22.1. The second kappa shape index (κ2) is 10.5. The molecule has 0 saturated carbocycles. The molecule has 2 aliphatic heterocycles. The maximum atomic E-state index is 12.7. The zero-order valence-electron chi connectivity index (χ0n) is 16.6. The number of hydrogen-bond donors (Lipinski definition) is 2. The molecule has 0 radical (unpaired) electrons. The molecule has 2 fully saturated rings. The largest absolute Gasteiger partial charge is 0.483 e. The minimum Gasteiger partial charge on any atom is -0.483 e. The van der Waals surface area contributed by atoms with Crippen LogP contribution in [-0.2, 0) is 35.2 Å². The quantitative estimate of drug-likeness (QED) is 0.425. The van der Waals surface area contributed by atoms with Crippen LogP contribution in [-0.4, -0.2) is 78.8 Å². The molecule has 11 nitrogen and oxygen atoms in total. The lowest BCUT2D eigenvalue weighted by atomic mass is 9.80. The summed E-state index contributed by atoms with van der Waals surface area (Å²) < 4.78 is 11.5. The Balaban J connectivity index is 0.00000101. The highest BCUT2D eigenvalue weighted by Crippen LogP contribution is 2.41. The summed E-state index contributed by atoms with van der Waals surface area (Å²) in [6, 6.07) is 4.84. The third-order valence-corrected chi connectivity index (χ3v) is 5.27. The van der Waals surface area contributed by atoms with Gasteiger partial charge in [-0.3, -0.25) is 24.0 Å². The smallest absolute Gasteiger partial charge is 0.325 e. The Morgan fingerprint density at radius 3 is 2.80 bits per heavy atom. The molecule has 2 N–H and O–H groups in total. The van der Waals surface area contributed by atoms with Crippen LogP contribution in [0.2, 0.25) is 0 Å². The van der Waals surface area contributed by atoms with Gasteiger partial charge in [0.25, 0.3) is 12.0 Å². The fourth-order valence-corrected chi connectivity index (χ4v) is 3.67. The predicted octanol–water partition coefficient (Wildman–Crippen LogP) is -1.30. The number of likely N-dealkylation sites (tertiary alicyclic amines) is 1. The van der Waals surface area contributed by atoms with Crippen LogP contribution >= 0.6 is 0 Å². The van der Waals surface area contributed by atoms with Crippen LogP contribution < -0.4 is 10.9 Å². The molecule has 0 aliphatic carbocycles. The van der Waals surface area contributed by atoms with Crippen molar-refractivity contribution in [3.63, 3.8) is 0 Å². The number of fused-ring (bicyclic) bond motifs is 1. The van der Waals surface area contributed by atoms with Crippen molar-refractivity contribution in [1.29, 1.82) is 0 Å². The van der Waals surface area contributed by atoms with Crippen LogP contribution in [0.25, 0.3) is 0 Å². The Morgan fingerprint density at radius 2 is 2.13 bits per heavy atom. The Labute approximate surface area is 172 Å². The number of methoxy groups -OCH3 is 1. The van der Waals surface area contributed by atoms with Crippen LogP contribution in [0.3, 0.4) is 0 Å². The van der Waals surface area contributed by atoms with E-state index in [4.69, 9.17) is 14.6 Å². The molecule has 0 aromatic carbocycles. The first-order valence-corrected chi connectivity index (χ1v) is 9.32. The van der Waals surface area contributed by atoms with E-state index in [9.17, 15) is 19.2 Å². The molecule has 0 unspecified atom stereocenters. The molecule has 0 bridgehead atoms. The average molecular weight is 423 g/mol. The molecule has 164 valence electrons. The molecule has 2 saturated heterocycles. The number of esters is 1. The SMILES string of the molecule is COC(=O)CNC(=O)[C@@]12COC[C@@H]1CN(C(=O)CCn1ccccc1=O)C2.O=CO. The molecule has 11 heteroatoms. The topological polar surface area (TPSA) is 144 Å². The fraction of sp³-hybridized carbons (Fsp3) is 0.526. The monoisotopic (exact) mass is 423 g/mol. The van der Waals surface area contributed by atoms with Gasteiger partial charge in [0, 0.05) is 44.2 Å². The predicted molar refractivity (Wildman–Crippen MR) is 102 cm³/mol. The summed E-state index contributed by atoms with van der Waals surface area (Å²) in [5, 5.41) is 9.47. The first-order valence-electron chi connectivity index (χ1n) is 9.32. The van der Waals surface area contributed by atoms with Gasteiger partial charge in [-0.15, -0.1) is 0 Å². The second-order valence-electron chi connectivity index (χ2n) is 6.99. The van der Waals surface area contributed by atoms with Gasteiger partial charge in [-0.1, -0.05) is 6.07 Å². The second-order valence-corrected chi connectivity index (χ2v) is 6.99. The van der Waals surface area contributed by atoms with E-state index in [0.717, 1.165) is 0 Å². The van der Waals surface area contributed by atoms with E-state index in [1.807, 2.05) is 0 Å². The van der Waals surface area contributed by atoms with Gasteiger partial charge in [-0.05, 0) is 6.07 Å². The minimum absolute atomic E-state index is 0.111. The van der Waals surface area contributed by atoms with Crippen LogP contribution in [0.4, 0.5) is 0 Å². The molecule has 3 heterocycles. The number of rotatable bonds is 6. The van der Waals surface area contributed by atoms with Gasteiger partial charge >= 0.3 is 5.97 Å². The fourth-order valence-electron chi connectivity index (χ4n) is 3.67. The van der Waals surface area contributed by atoms with E-state index in [1.54, 1.807) is 23.2 Å². The third-order valence-electron chi connectivity index (χ3n) is 5.27. The van der Waals surface area contributed by atoms with Crippen molar-refractivity contribution in [1.82, 2.24) is 14.8 Å². The third kappa shape index (κ3) is 5.23. The molecule has 0 spiro atoms. The van der Waals surface area contributed by atoms with E-state index >= 15 is 0 Å². The average Bonchev–Trinajstić information content (AvgIpc) is 3.30. The van der Waals surface area contributed by atoms with Gasteiger partial charge in [-0.2, -0.15) is 0 Å². The van der Waals surface area contributed by atoms with Crippen LogP contribution in [0.5, 0.6) is 0 Å². The van der Waals surface area contributed by atoms with Gasteiger partial charge in [0.15, 0.2) is 0 Å². The highest BCUT2D eigenvalue weighted by Gasteiger charge is 2.56. The summed E-state index contributed by atoms with van der Waals surface area (Å²) >= 11 is 0. The number of amides is 2. The summed E-state index contributed by atoms with van der Waals surface area (Å²) in [5.41, 5.74) is -0.997. The van der Waals surface area contributed by atoms with E-state index in [2.05, 4.69) is 10.1 Å². The van der Waals surface area contributed by atoms with Gasteiger partial charge < -0.3 is 29.4 Å². The van der Waals surface area contributed by atoms with E-state index in [-0.39, 0.29) is 62.4 Å². The van der Waals surface area contributed by atoms with Crippen molar-refractivity contribution in [3.8, 4) is 0 Å². The molecule has 3 rings (SSSR count). The lowest BCUT2D eigenvalue weighted by molar-refractivity contribution is -0.143. The number of ether oxygens (including phenoxy) is 2. The van der Waals surface area contributed by atoms with Crippen LogP contribution in [0, 0.1) is 11.3 Å². The van der Waals surface area contributed by atoms with Crippen molar-refractivity contribution >= 4 is 24.3 Å². The molecule has 2 amide bonds. The number of aryl methyl sites for hydroxylation is 1. The Kier molecular flexibility index (Phi) is 8.10. The van der Waals surface area contributed by atoms with Crippen molar-refractivity contribution in [2.45, 2.75) is 13.0 Å². The van der Waals surface area contributed by atoms with Crippen molar-refractivity contribution in [2.24, 2.45) is 11.3 Å². The number of carbonyl (C=O) groups excluding carboxylic acids is 3. The first kappa shape index (κ1) is 23.1. The number of carboxylic acid groups (broad SMARTS) is 1. The maximum absolute atomic E-state index is 12.7. The lowest BCUT2D eigenvalue weighted by Gasteiger charge is -2.25. The Hall–Kier alpha value is -3.21. The number of hydrogen-bond acceptors (Lipinski definition) is 7. The lowest BCUT2D eigenvalue weighted by Crippen LogP contribution is -2.48. The molecular formula is C19H25N3O8. The molecule has 2 atom stereocenters. The molecule has 2 aliphatic rings. The van der Waals surface area contributed by atoms with Crippen molar-refractivity contribution in [3.05, 3.63) is 34.7 Å². The number of pyridine rings is 1. The summed E-state index contributed by atoms with van der Waals surface area (Å²) in [4.78, 5) is 58.3. The van der Waals surface area contributed by atoms with Gasteiger partial charge in [0.1, 0.15) is 6.54 Å². The highest BCUT2D eigenvalue weighted by molar-refractivity contribution is 5.88. The summed E-state index contributed by atoms with van der Waals surface area (Å²) in [6.07, 6.45) is 1.82. The standard InChI is InChI=1S/C18H23N3O6.CH2O2/c1-26-16(24)8-19-17(25)18-11-21(9-13(18)10-27-12-18)15(23)5-7-20-6-3-2-4-14(20)22;2-1-3/h2-4,6,13H,5,7-12H2,1H3,(H,19,25);1H,(H,2,3)/t13-,18-;/m0./s1. The van der Waals surface area contributed by atoms with Gasteiger partial charge in [-0.25, -0.2) is 0 Å². The molecule has 1 aromatic rings. The minimum atomic E-state index is -0.840. The van der Waals surface area contributed by atoms with E-state index in [1.165, 1.54) is 17.7 Å². The number of aromatic nitrogens is 1. The number of nitrogens with one attached hydrogen (secondary N) is 1. The Morgan fingerprint density at radius 1 is 1.40 bits per heavy atom. The molecule has 1 aromatic heterocycles. The van der Waals surface area contributed by atoms with Crippen LogP contribution in [0.15, 0.2) is 29.2 Å². The van der Waals surface area contributed by atoms with Gasteiger partial charge in [0.2, 0.25) is 11.8 Å². The van der Waals surface area contributed by atoms with Crippen molar-refractivity contribution in [2.75, 3.05) is 40.0 Å². The summed E-state index contributed by atoms with van der Waals surface area (Å²) in [6.45, 7) is 1.11. The summed E-state index contributed by atoms with van der Waals surface area (Å²) in [5.74, 6) is -1.06. The molecule has 30 heavy (non-hydrogen) atoms. The normalized spacial score (nSPS) is 21.8. The zero-order valence-corrected chi connectivity index (χ0v) is 16.6. The van der Waals surface area contributed by atoms with Crippen LogP contribution in [0.1, 0.15) is 6.42 Å². The first-order chi connectivity index (χ1) is 14.4. The number of nitrogens with zero attached hydrogens (tertiary/aromatic N) is 2. The van der Waals surface area contributed by atoms with Crippen molar-refractivity contribution < 1.29 is 33.8 Å². The summed E-state index contributed by atoms with van der Waals surface area (Å²) in [7, 11) is 1.25. The van der Waals surface area contributed by atoms with E-state index < -0.39 is 11.4 Å². The highest BCUT2D eigenvalue weighted by atomic mass is 16.5. The Bertz CT molecular complexity index is 839. The maximum Gasteiger partial charge on any atom is 0.325 e.